The van der Waals surface area contributed by atoms with Crippen LogP contribution >= 0.6 is 0 Å². The number of nitrogens with zero attached hydrogens (tertiary/aromatic N) is 2. The quantitative estimate of drug-likeness (QED) is 0.631. The summed E-state index contributed by atoms with van der Waals surface area (Å²) in [6.45, 7) is -0.0623. The molecule has 1 aliphatic heterocycles. The van der Waals surface area contributed by atoms with Gasteiger partial charge in [-0.2, -0.15) is 4.31 Å². The van der Waals surface area contributed by atoms with Crippen molar-refractivity contribution < 1.29 is 22.8 Å². The second-order valence-corrected chi connectivity index (χ2v) is 9.80. The fraction of sp³-hybridized carbons (Fsp3) is 0.600. The average Bonchev–Trinajstić information content (AvgIpc) is 2.89. The van der Waals surface area contributed by atoms with Crippen LogP contribution in [0.3, 0.4) is 0 Å². The zero-order valence-electron chi connectivity index (χ0n) is 16.8. The highest BCUT2D eigenvalue weighted by Crippen LogP contribution is 2.27. The Kier molecular flexibility index (Phi) is 7.19. The molecule has 2 heterocycles. The predicted octanol–water partition coefficient (Wildman–Crippen LogP) is 0.744. The van der Waals surface area contributed by atoms with Crippen LogP contribution in [0.2, 0.25) is 0 Å². The molecular weight excluding hydrogens is 408 g/mol. The molecule has 1 saturated carbocycles. The number of rotatable bonds is 6. The van der Waals surface area contributed by atoms with Gasteiger partial charge in [-0.1, -0.05) is 25.3 Å². The van der Waals surface area contributed by atoms with Crippen molar-refractivity contribution in [2.45, 2.75) is 68.5 Å². The molecule has 0 aromatic carbocycles. The Morgan fingerprint density at radius 1 is 1.13 bits per heavy atom. The zero-order valence-corrected chi connectivity index (χ0v) is 17.6. The first-order chi connectivity index (χ1) is 14.3. The van der Waals surface area contributed by atoms with Gasteiger partial charge in [0.05, 0.1) is 6.04 Å². The summed E-state index contributed by atoms with van der Waals surface area (Å²) in [5.74, 6) is -1.71. The van der Waals surface area contributed by atoms with Gasteiger partial charge >= 0.3 is 0 Å². The lowest BCUT2D eigenvalue weighted by Gasteiger charge is -2.27. The van der Waals surface area contributed by atoms with E-state index in [9.17, 15) is 22.8 Å². The second-order valence-electron chi connectivity index (χ2n) is 7.96. The third-order valence-corrected chi connectivity index (χ3v) is 7.57. The molecule has 0 bridgehead atoms. The molecule has 0 radical (unpaired) electrons. The fourth-order valence-corrected chi connectivity index (χ4v) is 5.81. The molecule has 10 heteroatoms. The monoisotopic (exact) mass is 436 g/mol. The van der Waals surface area contributed by atoms with Crippen LogP contribution in [-0.4, -0.2) is 53.9 Å². The third kappa shape index (κ3) is 5.04. The van der Waals surface area contributed by atoms with E-state index in [0.29, 0.717) is 18.8 Å². The van der Waals surface area contributed by atoms with E-state index >= 15 is 0 Å². The molecule has 3 rings (SSSR count). The van der Waals surface area contributed by atoms with Crippen LogP contribution in [0.25, 0.3) is 0 Å². The predicted molar refractivity (Wildman–Crippen MR) is 108 cm³/mol. The molecule has 2 amide bonds. The lowest BCUT2D eigenvalue weighted by Crippen LogP contribution is -2.56. The largest absolute Gasteiger partial charge is 0.368 e. The van der Waals surface area contributed by atoms with Gasteiger partial charge in [-0.25, -0.2) is 13.4 Å². The van der Waals surface area contributed by atoms with E-state index < -0.39 is 33.8 Å². The number of carbonyl (C=O) groups excluding carboxylic acids is 3. The summed E-state index contributed by atoms with van der Waals surface area (Å²) >= 11 is 0. The summed E-state index contributed by atoms with van der Waals surface area (Å²) in [4.78, 5) is 41.5. The van der Waals surface area contributed by atoms with E-state index in [0.717, 1.165) is 30.0 Å². The van der Waals surface area contributed by atoms with Gasteiger partial charge in [-0.05, 0) is 43.7 Å². The SMILES string of the molecule is NC(=O)[C@@H]1C(=O)[C@@H](NC(=O)CC2CCCCC2)CCCN1S(=O)(=O)c1ccccn1. The second kappa shape index (κ2) is 9.65. The molecule has 0 spiro atoms. The number of pyridine rings is 1. The molecule has 2 atom stereocenters. The van der Waals surface area contributed by atoms with Gasteiger partial charge in [0, 0.05) is 19.2 Å². The Balaban J connectivity index is 1.77. The molecule has 1 aliphatic carbocycles. The smallest absolute Gasteiger partial charge is 0.261 e. The number of sulfonamides is 1. The maximum absolute atomic E-state index is 13.1. The summed E-state index contributed by atoms with van der Waals surface area (Å²) in [7, 11) is -4.20. The van der Waals surface area contributed by atoms with E-state index in [4.69, 9.17) is 5.73 Å². The minimum Gasteiger partial charge on any atom is -0.368 e. The molecule has 2 fully saturated rings. The molecule has 1 aromatic heterocycles. The van der Waals surface area contributed by atoms with E-state index in [1.165, 1.54) is 24.8 Å². The Bertz CT molecular complexity index is 884. The van der Waals surface area contributed by atoms with Crippen molar-refractivity contribution >= 4 is 27.6 Å². The van der Waals surface area contributed by atoms with Crippen LogP contribution in [-0.2, 0) is 24.4 Å². The zero-order chi connectivity index (χ0) is 21.7. The van der Waals surface area contributed by atoms with E-state index in [1.54, 1.807) is 6.07 Å². The number of aromatic nitrogens is 1. The van der Waals surface area contributed by atoms with E-state index in [2.05, 4.69) is 10.3 Å². The Hall–Kier alpha value is -2.33. The number of primary amides is 1. The van der Waals surface area contributed by atoms with Crippen molar-refractivity contribution in [1.82, 2.24) is 14.6 Å². The van der Waals surface area contributed by atoms with Crippen LogP contribution < -0.4 is 11.1 Å². The molecule has 30 heavy (non-hydrogen) atoms. The molecule has 0 unspecified atom stereocenters. The topological polar surface area (TPSA) is 140 Å². The van der Waals surface area contributed by atoms with Crippen molar-refractivity contribution in [3.63, 3.8) is 0 Å². The summed E-state index contributed by atoms with van der Waals surface area (Å²) < 4.78 is 26.8. The first-order valence-electron chi connectivity index (χ1n) is 10.4. The molecular formula is C20H28N4O5S. The van der Waals surface area contributed by atoms with Crippen molar-refractivity contribution in [3.8, 4) is 0 Å². The molecule has 2 aliphatic rings. The van der Waals surface area contributed by atoms with Crippen LogP contribution in [0, 0.1) is 5.92 Å². The standard InChI is InChI=1S/C20H28N4O5S/c21-20(27)18-19(26)15(23-16(25)13-14-7-2-1-3-8-14)9-6-12-24(18)30(28,29)17-10-4-5-11-22-17/h4-5,10-11,14-15,18H,1-3,6-9,12-13H2,(H2,21,27)(H,23,25)/t15-,18-/m0/s1. The van der Waals surface area contributed by atoms with Gasteiger partial charge < -0.3 is 11.1 Å². The Morgan fingerprint density at radius 2 is 1.87 bits per heavy atom. The van der Waals surface area contributed by atoms with Crippen LogP contribution in [0.1, 0.15) is 51.4 Å². The highest BCUT2D eigenvalue weighted by Gasteiger charge is 2.44. The van der Waals surface area contributed by atoms with Crippen LogP contribution in [0.4, 0.5) is 0 Å². The Labute approximate surface area is 176 Å². The van der Waals surface area contributed by atoms with Crippen molar-refractivity contribution in [1.29, 1.82) is 0 Å². The number of amides is 2. The normalized spacial score (nSPS) is 24.2. The van der Waals surface area contributed by atoms with Gasteiger partial charge in [0.15, 0.2) is 16.9 Å². The average molecular weight is 437 g/mol. The van der Waals surface area contributed by atoms with Crippen molar-refractivity contribution in [2.75, 3.05) is 6.54 Å². The summed E-state index contributed by atoms with van der Waals surface area (Å²) in [5, 5.41) is 2.46. The molecule has 1 saturated heterocycles. The van der Waals surface area contributed by atoms with Crippen molar-refractivity contribution in [2.24, 2.45) is 11.7 Å². The number of hydrogen-bond acceptors (Lipinski definition) is 6. The first kappa shape index (κ1) is 22.4. The third-order valence-electron chi connectivity index (χ3n) is 5.79. The van der Waals surface area contributed by atoms with Gasteiger partial charge in [0.25, 0.3) is 10.0 Å². The summed E-state index contributed by atoms with van der Waals surface area (Å²) in [6, 6.07) is 1.75. The highest BCUT2D eigenvalue weighted by molar-refractivity contribution is 7.89. The molecule has 9 nitrogen and oxygen atoms in total. The van der Waals surface area contributed by atoms with E-state index in [-0.39, 0.29) is 23.9 Å². The minimum atomic E-state index is -4.20. The van der Waals surface area contributed by atoms with Gasteiger partial charge in [0.1, 0.15) is 0 Å². The van der Waals surface area contributed by atoms with Crippen LogP contribution in [0.5, 0.6) is 0 Å². The lowest BCUT2D eigenvalue weighted by molar-refractivity contribution is -0.135. The van der Waals surface area contributed by atoms with Gasteiger partial charge in [0.2, 0.25) is 11.8 Å². The van der Waals surface area contributed by atoms with Crippen molar-refractivity contribution in [3.05, 3.63) is 24.4 Å². The number of hydrogen-bond donors (Lipinski definition) is 2. The van der Waals surface area contributed by atoms with Gasteiger partial charge in [-0.15, -0.1) is 0 Å². The lowest BCUT2D eigenvalue weighted by atomic mass is 9.86. The first-order valence-corrected chi connectivity index (χ1v) is 11.8. The highest BCUT2D eigenvalue weighted by atomic mass is 32.2. The number of Topliss-reactive ketones (excluding diaryl/α,β-unsaturated/α-hetero) is 1. The number of nitrogens with two attached hydrogens (primary N) is 1. The number of ketones is 1. The molecule has 3 N–H and O–H groups in total. The maximum atomic E-state index is 13.1. The Morgan fingerprint density at radius 3 is 2.50 bits per heavy atom. The minimum absolute atomic E-state index is 0.0623. The van der Waals surface area contributed by atoms with E-state index in [1.807, 2.05) is 0 Å². The van der Waals surface area contributed by atoms with Crippen LogP contribution in [0.15, 0.2) is 29.4 Å². The number of nitrogens with one attached hydrogen (secondary N) is 1. The molecule has 164 valence electrons. The fourth-order valence-electron chi connectivity index (χ4n) is 4.27. The summed E-state index contributed by atoms with van der Waals surface area (Å²) in [5.41, 5.74) is 5.44. The molecule has 1 aromatic rings. The maximum Gasteiger partial charge on any atom is 0.261 e. The van der Waals surface area contributed by atoms with Gasteiger partial charge in [-0.3, -0.25) is 14.4 Å². The number of carbonyl (C=O) groups is 3. The summed E-state index contributed by atoms with van der Waals surface area (Å²) in [6.07, 6.45) is 7.57.